The number of thiazole rings is 2. The summed E-state index contributed by atoms with van der Waals surface area (Å²) in [6.45, 7) is 8.65. The molecule has 4 heterocycles. The Morgan fingerprint density at radius 2 is 1.05 bits per heavy atom. The number of carbonyl (C=O) groups excluding carboxylic acids is 2. The number of fused-ring (bicyclic) bond motifs is 2. The number of rotatable bonds is 18. The molecule has 0 aliphatic heterocycles. The van der Waals surface area contributed by atoms with Crippen LogP contribution in [0.5, 0.6) is 11.5 Å². The van der Waals surface area contributed by atoms with Crippen molar-refractivity contribution in [3.63, 3.8) is 0 Å². The Morgan fingerprint density at radius 1 is 0.624 bits per heavy atom. The van der Waals surface area contributed by atoms with Crippen LogP contribution in [0, 0.1) is 0 Å². The van der Waals surface area contributed by atoms with Crippen LogP contribution in [0.4, 0.5) is 5.13 Å². The van der Waals surface area contributed by atoms with Gasteiger partial charge in [-0.25, -0.2) is 19.6 Å². The molecule has 0 radical (unpaired) electrons. The van der Waals surface area contributed by atoms with E-state index in [1.807, 2.05) is 70.2 Å². The smallest absolute Gasteiger partial charge is 0.338 e. The minimum atomic E-state index is -0.399. The zero-order valence-electron chi connectivity index (χ0n) is 47.9. The van der Waals surface area contributed by atoms with Crippen molar-refractivity contribution < 1.29 is 47.1 Å². The van der Waals surface area contributed by atoms with Gasteiger partial charge in [-0.05, 0) is 169 Å². The number of anilines is 1. The van der Waals surface area contributed by atoms with Crippen LogP contribution in [0.15, 0.2) is 73.6 Å². The third-order valence-corrected chi connectivity index (χ3v) is 18.7. The number of hydrogen-bond donors (Lipinski definition) is 2. The summed E-state index contributed by atoms with van der Waals surface area (Å²) in [6.07, 6.45) is 12.6. The van der Waals surface area contributed by atoms with Crippen LogP contribution in [0.1, 0.15) is 160 Å². The Balaban J connectivity index is 0.000000158. The number of nitrogens with zero attached hydrogens (tertiary/aromatic N) is 4. The SMILES string of the molecule is COC(=O)c1cc(OC(C)C)c2nc(Br)sc2c1.COC(=O)c1cc(OC(C)C)c2nc(NC3CCC(OCc4c(-c5c(Cl)cccc5Cl)noc4C4CC4)CC3)sc2c1.NC1CCC(OCc2c(-c3c(Cl)cccc3Cl)noc2C2CC2)CC1. The number of benzene rings is 4. The molecule has 3 N–H and O–H groups in total. The van der Waals surface area contributed by atoms with E-state index in [4.69, 9.17) is 94.6 Å². The molecule has 0 spiro atoms. The van der Waals surface area contributed by atoms with E-state index in [0.29, 0.717) is 90.8 Å². The van der Waals surface area contributed by atoms with Crippen molar-refractivity contribution in [3.8, 4) is 34.0 Å². The van der Waals surface area contributed by atoms with E-state index in [9.17, 15) is 9.59 Å². The highest BCUT2D eigenvalue weighted by Gasteiger charge is 2.36. The summed E-state index contributed by atoms with van der Waals surface area (Å²) in [5.74, 6) is 3.06. The number of methoxy groups -OCH3 is 2. The zero-order chi connectivity index (χ0) is 60.1. The predicted octanol–water partition coefficient (Wildman–Crippen LogP) is 17.6. The van der Waals surface area contributed by atoms with E-state index in [0.717, 1.165) is 135 Å². The lowest BCUT2D eigenvalue weighted by molar-refractivity contribution is 0.0133. The highest BCUT2D eigenvalue weighted by atomic mass is 79.9. The van der Waals surface area contributed by atoms with Crippen LogP contribution in [-0.2, 0) is 32.2 Å². The highest BCUT2D eigenvalue weighted by Crippen LogP contribution is 2.48. The Hall–Kier alpha value is -5.06. The van der Waals surface area contributed by atoms with E-state index in [1.54, 1.807) is 18.2 Å². The summed E-state index contributed by atoms with van der Waals surface area (Å²) < 4.78 is 48.0. The number of hydrogen-bond acceptors (Lipinski definition) is 18. The maximum atomic E-state index is 12.2. The van der Waals surface area contributed by atoms with Gasteiger partial charge in [0.2, 0.25) is 0 Å². The molecule has 4 aliphatic rings. The minimum absolute atomic E-state index is 0.0153. The standard InChI is InChI=1S/C31H33Cl2N3O5S.C19H22Cl2N2O2.C12H12BrNO3S/c1-16(2)40-24-13-18(30(37)38-3)14-25-28(24)35-31(42-25)34-19-9-11-20(12-10-19)39-15-21-27(36-41-29(21)17-7-8-17)26-22(32)5-4-6-23(26)33;20-15-2-1-3-16(21)17(15)18-14(19(25-23-18)11-4-5-11)10-24-13-8-6-12(22)7-9-13;1-6(2)17-8-4-7(11(15)16-3)5-9-10(8)14-12(13)18-9/h4-6,13-14,16-17,19-20H,7-12,15H2,1-3H3,(H,34,35);1-3,11-13H,4-10,22H2;4-6H,1-3H3. The normalized spacial score (nSPS) is 18.7. The van der Waals surface area contributed by atoms with Crippen LogP contribution in [0.3, 0.4) is 0 Å². The molecule has 4 aromatic heterocycles. The topological polar surface area (TPSA) is 205 Å². The first-order valence-corrected chi connectivity index (χ1v) is 32.5. The number of carbonyl (C=O) groups is 2. The van der Waals surface area contributed by atoms with E-state index in [1.165, 1.54) is 36.9 Å². The molecule has 4 aliphatic carbocycles. The Labute approximate surface area is 530 Å². The van der Waals surface area contributed by atoms with Crippen LogP contribution in [-0.4, -0.2) is 82.9 Å². The van der Waals surface area contributed by atoms with Gasteiger partial charge in [0.15, 0.2) is 9.05 Å². The van der Waals surface area contributed by atoms with Crippen molar-refractivity contribution in [2.24, 2.45) is 5.73 Å². The first-order valence-electron chi connectivity index (χ1n) is 28.6. The van der Waals surface area contributed by atoms with E-state index >= 15 is 0 Å². The Morgan fingerprint density at radius 3 is 1.47 bits per heavy atom. The van der Waals surface area contributed by atoms with Crippen molar-refractivity contribution in [1.29, 1.82) is 0 Å². The van der Waals surface area contributed by atoms with Gasteiger partial charge in [-0.1, -0.05) is 80.2 Å². The van der Waals surface area contributed by atoms with Crippen molar-refractivity contribution in [3.05, 3.63) is 118 Å². The summed E-state index contributed by atoms with van der Waals surface area (Å²) in [5, 5.41) is 15.3. The molecular weight excluding hydrogens is 1270 g/mol. The lowest BCUT2D eigenvalue weighted by Gasteiger charge is -2.29. The second-order valence-corrected chi connectivity index (χ2v) is 27.2. The summed E-state index contributed by atoms with van der Waals surface area (Å²) >= 11 is 32.1. The zero-order valence-corrected chi connectivity index (χ0v) is 54.2. The van der Waals surface area contributed by atoms with Gasteiger partial charge < -0.3 is 48.5 Å². The van der Waals surface area contributed by atoms with Crippen LogP contribution in [0.25, 0.3) is 42.9 Å². The third kappa shape index (κ3) is 15.6. The molecule has 0 unspecified atom stereocenters. The molecule has 0 amide bonds. The predicted molar refractivity (Wildman–Crippen MR) is 338 cm³/mol. The summed E-state index contributed by atoms with van der Waals surface area (Å²) in [7, 11) is 2.73. The number of ether oxygens (including phenoxy) is 6. The fourth-order valence-electron chi connectivity index (χ4n) is 10.5. The molecule has 16 nitrogen and oxygen atoms in total. The number of aromatic nitrogens is 4. The molecule has 4 aromatic carbocycles. The largest absolute Gasteiger partial charge is 0.489 e. The average molecular weight is 1340 g/mol. The third-order valence-electron chi connectivity index (χ3n) is 15.0. The second-order valence-electron chi connectivity index (χ2n) is 22.2. The second kappa shape index (κ2) is 28.4. The molecule has 0 saturated heterocycles. The van der Waals surface area contributed by atoms with Crippen LogP contribution in [0.2, 0.25) is 20.1 Å². The quantitative estimate of drug-likeness (QED) is 0.0766. The van der Waals surface area contributed by atoms with Gasteiger partial charge in [-0.2, -0.15) is 0 Å². The lowest BCUT2D eigenvalue weighted by atomic mass is 9.93. The van der Waals surface area contributed by atoms with Gasteiger partial charge in [0.05, 0.1) is 92.5 Å². The maximum absolute atomic E-state index is 12.2. The van der Waals surface area contributed by atoms with Crippen LogP contribution < -0.4 is 20.5 Å². The Bertz CT molecular complexity index is 3600. The van der Waals surface area contributed by atoms with Gasteiger partial charge in [-0.15, -0.1) is 11.3 Å². The first-order chi connectivity index (χ1) is 40.9. The van der Waals surface area contributed by atoms with Crippen molar-refractivity contribution in [2.45, 2.75) is 166 Å². The molecule has 0 bridgehead atoms. The molecular formula is C62H67BrCl4N6O10S2. The molecule has 23 heteroatoms. The number of halogens is 5. The van der Waals surface area contributed by atoms with E-state index in [-0.39, 0.29) is 36.4 Å². The number of nitrogens with two attached hydrogens (primary N) is 1. The van der Waals surface area contributed by atoms with Crippen molar-refractivity contribution in [1.82, 2.24) is 20.3 Å². The van der Waals surface area contributed by atoms with Gasteiger partial charge in [0.25, 0.3) is 0 Å². The van der Waals surface area contributed by atoms with Gasteiger partial charge >= 0.3 is 11.9 Å². The number of esters is 2. The van der Waals surface area contributed by atoms with Crippen molar-refractivity contribution >= 4 is 123 Å². The van der Waals surface area contributed by atoms with E-state index in [2.05, 4.69) is 36.5 Å². The minimum Gasteiger partial charge on any atom is -0.489 e. The highest BCUT2D eigenvalue weighted by molar-refractivity contribution is 9.11. The maximum Gasteiger partial charge on any atom is 0.338 e. The van der Waals surface area contributed by atoms with Gasteiger partial charge in [0, 0.05) is 46.2 Å². The van der Waals surface area contributed by atoms with Gasteiger partial charge in [0.1, 0.15) is 45.4 Å². The van der Waals surface area contributed by atoms with E-state index < -0.39 is 5.97 Å². The molecule has 452 valence electrons. The average Bonchev–Trinajstić information content (AvgIpc) is 2.35. The summed E-state index contributed by atoms with van der Waals surface area (Å²) in [4.78, 5) is 33.0. The van der Waals surface area contributed by atoms with Crippen LogP contribution >= 0.6 is 85.0 Å². The molecule has 4 saturated carbocycles. The molecule has 0 atom stereocenters. The van der Waals surface area contributed by atoms with Crippen molar-refractivity contribution in [2.75, 3.05) is 19.5 Å². The molecule has 12 rings (SSSR count). The summed E-state index contributed by atoms with van der Waals surface area (Å²) in [5.41, 5.74) is 13.2. The number of nitrogens with one attached hydrogen (secondary N) is 1. The summed E-state index contributed by atoms with van der Waals surface area (Å²) in [6, 6.07) is 18.5. The molecule has 4 fully saturated rings. The molecule has 85 heavy (non-hydrogen) atoms. The molecule has 8 aromatic rings. The first kappa shape index (κ1) is 63.0. The fraction of sp³-hybridized carbons (Fsp3) is 0.452. The fourth-order valence-corrected chi connectivity index (χ4v) is 14.1. The Kier molecular flexibility index (Phi) is 21.0. The lowest BCUT2D eigenvalue weighted by Crippen LogP contribution is -2.30. The monoisotopic (exact) mass is 1340 g/mol. The van der Waals surface area contributed by atoms with Gasteiger partial charge in [-0.3, -0.25) is 0 Å².